The minimum atomic E-state index is -0.946. The van der Waals surface area contributed by atoms with Crippen molar-refractivity contribution in [3.8, 4) is 0 Å². The molecule has 0 saturated carbocycles. The van der Waals surface area contributed by atoms with Crippen LogP contribution in [0.3, 0.4) is 0 Å². The number of carbonyl (C=O) groups is 1. The number of hydrogen-bond donors (Lipinski definition) is 2. The third kappa shape index (κ3) is 6.71. The number of methoxy groups -OCH3 is 1. The van der Waals surface area contributed by atoms with Crippen LogP contribution in [0.25, 0.3) is 0 Å². The molecule has 1 heterocycles. The maximum Gasteiger partial charge on any atom is 0.335 e. The van der Waals surface area contributed by atoms with Crippen LogP contribution in [0.4, 0.5) is 5.69 Å². The lowest BCUT2D eigenvalue weighted by Gasteiger charge is -2.41. The van der Waals surface area contributed by atoms with Crippen molar-refractivity contribution in [1.82, 2.24) is 9.80 Å². The predicted molar refractivity (Wildman–Crippen MR) is 144 cm³/mol. The predicted octanol–water partition coefficient (Wildman–Crippen LogP) is 4.60. The number of benzene rings is 3. The molecular weight excluding hydrogens is 452 g/mol. The summed E-state index contributed by atoms with van der Waals surface area (Å²) in [4.78, 5) is 21.0. The number of guanidine groups is 1. The average Bonchev–Trinajstić information content (AvgIpc) is 2.92. The number of anilines is 1. The molecule has 3 aromatic carbocycles. The fraction of sp³-hybridized carbons (Fsp3) is 0.310. The van der Waals surface area contributed by atoms with Gasteiger partial charge in [-0.25, -0.2) is 4.79 Å². The number of nitrogens with zero attached hydrogens (tertiary/aromatic N) is 3. The van der Waals surface area contributed by atoms with E-state index in [4.69, 9.17) is 9.73 Å². The van der Waals surface area contributed by atoms with Crippen LogP contribution in [0.15, 0.2) is 89.9 Å². The van der Waals surface area contributed by atoms with Crippen molar-refractivity contribution in [1.29, 1.82) is 0 Å². The Morgan fingerprint density at radius 2 is 1.58 bits per heavy atom. The number of ether oxygens (including phenoxy) is 1. The summed E-state index contributed by atoms with van der Waals surface area (Å²) < 4.78 is 5.18. The van der Waals surface area contributed by atoms with Crippen LogP contribution < -0.4 is 5.32 Å². The highest BCUT2D eigenvalue weighted by Crippen LogP contribution is 2.29. The molecule has 3 aromatic rings. The Balaban J connectivity index is 1.50. The molecule has 36 heavy (non-hydrogen) atoms. The molecule has 0 amide bonds. The maximum atomic E-state index is 11.4. The van der Waals surface area contributed by atoms with Gasteiger partial charge in [0.25, 0.3) is 0 Å². The van der Waals surface area contributed by atoms with Crippen molar-refractivity contribution in [2.24, 2.45) is 4.99 Å². The number of piperazine rings is 1. The first-order valence-electron chi connectivity index (χ1n) is 12.4. The van der Waals surface area contributed by atoms with E-state index in [1.165, 1.54) is 11.1 Å². The fourth-order valence-electron chi connectivity index (χ4n) is 4.55. The van der Waals surface area contributed by atoms with Gasteiger partial charge in [-0.1, -0.05) is 66.7 Å². The summed E-state index contributed by atoms with van der Waals surface area (Å²) in [6.45, 7) is 4.65. The zero-order valence-corrected chi connectivity index (χ0v) is 20.7. The molecule has 0 aliphatic carbocycles. The third-order valence-corrected chi connectivity index (χ3v) is 6.34. The highest BCUT2D eigenvalue weighted by atomic mass is 16.5. The highest BCUT2D eigenvalue weighted by Gasteiger charge is 2.27. The number of carboxylic acids is 1. The summed E-state index contributed by atoms with van der Waals surface area (Å²) in [6, 6.07) is 28.3. The van der Waals surface area contributed by atoms with Crippen LogP contribution in [0.2, 0.25) is 0 Å². The number of aliphatic imine (C=N–C) groups is 1. The van der Waals surface area contributed by atoms with Gasteiger partial charge >= 0.3 is 5.97 Å². The molecule has 1 aliphatic rings. The smallest absolute Gasteiger partial charge is 0.335 e. The molecule has 2 N–H and O–H groups in total. The molecule has 188 valence electrons. The summed E-state index contributed by atoms with van der Waals surface area (Å²) in [7, 11) is 1.69. The molecule has 1 fully saturated rings. The summed E-state index contributed by atoms with van der Waals surface area (Å²) >= 11 is 0. The molecule has 7 nitrogen and oxygen atoms in total. The lowest BCUT2D eigenvalue weighted by atomic mass is 9.96. The van der Waals surface area contributed by atoms with Gasteiger partial charge in [-0.15, -0.1) is 0 Å². The minimum absolute atomic E-state index is 0.192. The van der Waals surface area contributed by atoms with Crippen molar-refractivity contribution in [2.75, 3.05) is 51.8 Å². The molecule has 1 saturated heterocycles. The van der Waals surface area contributed by atoms with E-state index < -0.39 is 5.97 Å². The molecule has 0 bridgehead atoms. The average molecular weight is 487 g/mol. The van der Waals surface area contributed by atoms with Gasteiger partial charge in [-0.05, 0) is 35.7 Å². The van der Waals surface area contributed by atoms with E-state index in [-0.39, 0.29) is 11.6 Å². The Morgan fingerprint density at radius 1 is 0.944 bits per heavy atom. The summed E-state index contributed by atoms with van der Waals surface area (Å²) in [5.41, 5.74) is 3.54. The van der Waals surface area contributed by atoms with Crippen molar-refractivity contribution in [3.63, 3.8) is 0 Å². The molecule has 0 aromatic heterocycles. The quantitative estimate of drug-likeness (QED) is 0.262. The minimum Gasteiger partial charge on any atom is -0.478 e. The monoisotopic (exact) mass is 486 g/mol. The van der Waals surface area contributed by atoms with Crippen molar-refractivity contribution < 1.29 is 14.6 Å². The molecular formula is C29H34N4O3. The lowest BCUT2D eigenvalue weighted by molar-refractivity contribution is 0.0697. The lowest BCUT2D eigenvalue weighted by Crippen LogP contribution is -2.51. The van der Waals surface area contributed by atoms with Crippen molar-refractivity contribution in [3.05, 3.63) is 102 Å². The van der Waals surface area contributed by atoms with Gasteiger partial charge in [0.2, 0.25) is 0 Å². The molecule has 0 unspecified atom stereocenters. The second-order valence-corrected chi connectivity index (χ2v) is 8.81. The van der Waals surface area contributed by atoms with Crippen LogP contribution in [0.1, 0.15) is 33.9 Å². The number of rotatable bonds is 9. The number of carboxylic acid groups (broad SMARTS) is 1. The molecule has 1 aliphatic heterocycles. The van der Waals surface area contributed by atoms with Gasteiger partial charge in [0.1, 0.15) is 0 Å². The summed E-state index contributed by atoms with van der Waals surface area (Å²) in [5.74, 6) is -0.178. The molecule has 4 rings (SSSR count). The van der Waals surface area contributed by atoms with Gasteiger partial charge in [0.15, 0.2) is 5.96 Å². The van der Waals surface area contributed by atoms with E-state index in [0.717, 1.165) is 38.6 Å². The normalized spacial score (nSPS) is 14.7. The summed E-state index contributed by atoms with van der Waals surface area (Å²) in [5, 5.41) is 12.8. The number of hydrogen-bond acceptors (Lipinski definition) is 4. The Morgan fingerprint density at radius 3 is 2.17 bits per heavy atom. The zero-order valence-electron chi connectivity index (χ0n) is 20.7. The van der Waals surface area contributed by atoms with E-state index in [2.05, 4.69) is 75.8 Å². The largest absolute Gasteiger partial charge is 0.478 e. The van der Waals surface area contributed by atoms with Gasteiger partial charge in [0.05, 0.1) is 11.6 Å². The Hall–Kier alpha value is -3.68. The first kappa shape index (κ1) is 25.4. The summed E-state index contributed by atoms with van der Waals surface area (Å²) in [6.07, 6.45) is 0.820. The van der Waals surface area contributed by atoms with Gasteiger partial charge in [0, 0.05) is 52.1 Å². The first-order chi connectivity index (χ1) is 17.7. The van der Waals surface area contributed by atoms with Gasteiger partial charge in [-0.2, -0.15) is 0 Å². The van der Waals surface area contributed by atoms with E-state index in [1.54, 1.807) is 25.3 Å². The zero-order chi connectivity index (χ0) is 25.2. The van der Waals surface area contributed by atoms with E-state index >= 15 is 0 Å². The van der Waals surface area contributed by atoms with E-state index in [9.17, 15) is 9.90 Å². The van der Waals surface area contributed by atoms with Crippen LogP contribution >= 0.6 is 0 Å². The Kier molecular flexibility index (Phi) is 9.08. The SMILES string of the molecule is COCCCN=C(Nc1cccc(C(=O)O)c1)N1CCN(C(c2ccccc2)c2ccccc2)CC1. The van der Waals surface area contributed by atoms with Gasteiger partial charge in [-0.3, -0.25) is 9.89 Å². The molecule has 0 atom stereocenters. The van der Waals surface area contributed by atoms with Crippen LogP contribution in [-0.2, 0) is 4.74 Å². The van der Waals surface area contributed by atoms with Crippen molar-refractivity contribution >= 4 is 17.6 Å². The van der Waals surface area contributed by atoms with E-state index in [1.807, 2.05) is 6.07 Å². The third-order valence-electron chi connectivity index (χ3n) is 6.34. The fourth-order valence-corrected chi connectivity index (χ4v) is 4.55. The topological polar surface area (TPSA) is 77.4 Å². The molecule has 0 spiro atoms. The second-order valence-electron chi connectivity index (χ2n) is 8.81. The number of aromatic carboxylic acids is 1. The van der Waals surface area contributed by atoms with Crippen LogP contribution in [-0.4, -0.2) is 73.3 Å². The van der Waals surface area contributed by atoms with Gasteiger partial charge < -0.3 is 20.1 Å². The second kappa shape index (κ2) is 12.9. The van der Waals surface area contributed by atoms with Crippen LogP contribution in [0, 0.1) is 0 Å². The Labute approximate surface area is 213 Å². The van der Waals surface area contributed by atoms with Crippen LogP contribution in [0.5, 0.6) is 0 Å². The van der Waals surface area contributed by atoms with Crippen molar-refractivity contribution in [2.45, 2.75) is 12.5 Å². The molecule has 0 radical (unpaired) electrons. The first-order valence-corrected chi connectivity index (χ1v) is 12.4. The van der Waals surface area contributed by atoms with E-state index in [0.29, 0.717) is 18.8 Å². The standard InChI is InChI=1S/C29H34N4O3/c1-36-21-9-16-30-29(31-26-15-8-14-25(22-26)28(34)35)33-19-17-32(18-20-33)27(23-10-4-2-5-11-23)24-12-6-3-7-13-24/h2-8,10-15,22,27H,9,16-21H2,1H3,(H,30,31)(H,34,35). The highest BCUT2D eigenvalue weighted by molar-refractivity contribution is 5.95. The molecule has 7 heteroatoms. The Bertz CT molecular complexity index is 1090. The maximum absolute atomic E-state index is 11.4. The number of nitrogens with one attached hydrogen (secondary N) is 1.